The summed E-state index contributed by atoms with van der Waals surface area (Å²) in [7, 11) is 1.32. The summed E-state index contributed by atoms with van der Waals surface area (Å²) in [5.74, 6) is -5.04. The molecule has 1 aliphatic rings. The lowest BCUT2D eigenvalue weighted by Gasteiger charge is -2.29. The van der Waals surface area contributed by atoms with E-state index in [4.69, 9.17) is 23.7 Å². The number of benzene rings is 1. The molecule has 12 nitrogen and oxygen atoms in total. The van der Waals surface area contributed by atoms with Gasteiger partial charge in [0.1, 0.15) is 18.6 Å². The molecule has 2 aromatic rings. The number of aromatic nitrogens is 1. The van der Waals surface area contributed by atoms with Crippen LogP contribution in [0.25, 0.3) is 0 Å². The maximum atomic E-state index is 13.4. The minimum absolute atomic E-state index is 0.00194. The van der Waals surface area contributed by atoms with Crippen molar-refractivity contribution in [2.24, 2.45) is 11.8 Å². The summed E-state index contributed by atoms with van der Waals surface area (Å²) >= 11 is 0. The highest BCUT2D eigenvalue weighted by atomic mass is 16.6. The molecular formula is C29H34N2O10. The van der Waals surface area contributed by atoms with E-state index in [2.05, 4.69) is 10.3 Å². The molecule has 1 aliphatic heterocycles. The number of amides is 1. The minimum Gasteiger partial charge on any atom is -0.493 e. The number of rotatable bonds is 9. The number of hydrogen-bond donors (Lipinski definition) is 1. The third kappa shape index (κ3) is 8.50. The second-order valence-corrected chi connectivity index (χ2v) is 9.93. The van der Waals surface area contributed by atoms with Crippen molar-refractivity contribution in [3.8, 4) is 11.5 Å². The molecule has 4 atom stereocenters. The van der Waals surface area contributed by atoms with Crippen molar-refractivity contribution in [3.05, 3.63) is 53.9 Å². The van der Waals surface area contributed by atoms with Gasteiger partial charge in [0.2, 0.25) is 5.75 Å². The van der Waals surface area contributed by atoms with Crippen LogP contribution in [0, 0.1) is 11.8 Å². The third-order valence-corrected chi connectivity index (χ3v) is 6.14. The Morgan fingerprint density at radius 1 is 1.10 bits per heavy atom. The van der Waals surface area contributed by atoms with Gasteiger partial charge in [-0.2, -0.15) is 0 Å². The van der Waals surface area contributed by atoms with Crippen LogP contribution in [-0.4, -0.2) is 66.7 Å². The Hall–Kier alpha value is -4.48. The first-order valence-electron chi connectivity index (χ1n) is 13.1. The molecule has 1 saturated heterocycles. The monoisotopic (exact) mass is 570 g/mol. The topological polar surface area (TPSA) is 156 Å². The van der Waals surface area contributed by atoms with Crippen molar-refractivity contribution in [1.29, 1.82) is 0 Å². The van der Waals surface area contributed by atoms with Crippen molar-refractivity contribution in [2.45, 2.75) is 58.8 Å². The van der Waals surface area contributed by atoms with E-state index < -0.39 is 60.6 Å². The van der Waals surface area contributed by atoms with Crippen LogP contribution in [0.3, 0.4) is 0 Å². The van der Waals surface area contributed by atoms with Crippen molar-refractivity contribution in [2.75, 3.05) is 13.7 Å². The highest BCUT2D eigenvalue weighted by Gasteiger charge is 2.42. The number of ether oxygens (including phenoxy) is 5. The molecule has 2 heterocycles. The van der Waals surface area contributed by atoms with Crippen LogP contribution in [0.2, 0.25) is 0 Å². The van der Waals surface area contributed by atoms with Crippen molar-refractivity contribution in [3.63, 3.8) is 0 Å². The Balaban J connectivity index is 1.89. The van der Waals surface area contributed by atoms with Gasteiger partial charge in [0.15, 0.2) is 23.6 Å². The average molecular weight is 571 g/mol. The van der Waals surface area contributed by atoms with Crippen LogP contribution in [0.1, 0.15) is 50.2 Å². The van der Waals surface area contributed by atoms with Crippen molar-refractivity contribution in [1.82, 2.24) is 10.3 Å². The van der Waals surface area contributed by atoms with Crippen LogP contribution in [0.5, 0.6) is 11.5 Å². The van der Waals surface area contributed by atoms with Gasteiger partial charge in [-0.25, -0.2) is 9.78 Å². The van der Waals surface area contributed by atoms with E-state index in [9.17, 15) is 24.0 Å². The Morgan fingerprint density at radius 3 is 2.44 bits per heavy atom. The van der Waals surface area contributed by atoms with Crippen LogP contribution >= 0.6 is 0 Å². The summed E-state index contributed by atoms with van der Waals surface area (Å²) < 4.78 is 27.0. The molecule has 220 valence electrons. The van der Waals surface area contributed by atoms with Crippen LogP contribution in [-0.2, 0) is 39.8 Å². The highest BCUT2D eigenvalue weighted by molar-refractivity contribution is 5.98. The van der Waals surface area contributed by atoms with E-state index in [-0.39, 0.29) is 36.0 Å². The second-order valence-electron chi connectivity index (χ2n) is 9.93. The standard InChI is InChI=1S/C29H34N2O10/c1-16(2)13-23(33)41-25-17(3)39-29(36)21(15-38-28(35)20(25)14-19-9-7-6-8-10-19)31-27(34)24-26(40-18(4)32)22(37-5)11-12-30-24/h6-12,16-17,20-21,25H,13-15H2,1-5H3,(H,31,34)/t17-,20+,21-,25-/m0/s1. The van der Waals surface area contributed by atoms with Crippen LogP contribution in [0.4, 0.5) is 0 Å². The van der Waals surface area contributed by atoms with E-state index >= 15 is 0 Å². The zero-order chi connectivity index (χ0) is 30.1. The second kappa shape index (κ2) is 14.2. The Morgan fingerprint density at radius 2 is 1.80 bits per heavy atom. The third-order valence-electron chi connectivity index (χ3n) is 6.14. The largest absolute Gasteiger partial charge is 0.493 e. The first kappa shape index (κ1) is 31.1. The molecule has 0 aliphatic carbocycles. The fourth-order valence-corrected chi connectivity index (χ4v) is 4.24. The van der Waals surface area contributed by atoms with Gasteiger partial charge >= 0.3 is 23.9 Å². The maximum absolute atomic E-state index is 13.4. The molecule has 0 spiro atoms. The van der Waals surface area contributed by atoms with E-state index in [0.717, 1.165) is 12.5 Å². The average Bonchev–Trinajstić information content (AvgIpc) is 2.95. The number of esters is 4. The summed E-state index contributed by atoms with van der Waals surface area (Å²) in [5.41, 5.74) is 0.443. The number of methoxy groups -OCH3 is 1. The zero-order valence-electron chi connectivity index (χ0n) is 23.6. The van der Waals surface area contributed by atoms with Crippen molar-refractivity contribution < 1.29 is 47.7 Å². The predicted molar refractivity (Wildman–Crippen MR) is 143 cm³/mol. The number of carbonyl (C=O) groups is 5. The molecule has 3 rings (SSSR count). The van der Waals surface area contributed by atoms with Gasteiger partial charge in [0, 0.05) is 25.6 Å². The predicted octanol–water partition coefficient (Wildman–Crippen LogP) is 2.42. The Labute approximate surface area is 237 Å². The summed E-state index contributed by atoms with van der Waals surface area (Å²) in [6.07, 6.45) is -0.708. The Kier molecular flexibility index (Phi) is 10.8. The van der Waals surface area contributed by atoms with E-state index in [1.807, 2.05) is 32.0 Å². The van der Waals surface area contributed by atoms with Crippen LogP contribution in [0.15, 0.2) is 42.6 Å². The molecule has 1 N–H and O–H groups in total. The first-order chi connectivity index (χ1) is 19.5. The molecule has 12 heteroatoms. The zero-order valence-corrected chi connectivity index (χ0v) is 23.6. The molecule has 0 saturated carbocycles. The molecule has 0 radical (unpaired) electrons. The van der Waals surface area contributed by atoms with E-state index in [1.54, 1.807) is 12.1 Å². The number of pyridine rings is 1. The number of hydrogen-bond acceptors (Lipinski definition) is 11. The van der Waals surface area contributed by atoms with Gasteiger partial charge in [-0.05, 0) is 24.8 Å². The van der Waals surface area contributed by atoms with E-state index in [1.165, 1.54) is 26.3 Å². The minimum atomic E-state index is -1.45. The molecule has 1 amide bonds. The van der Waals surface area contributed by atoms with Gasteiger partial charge in [-0.3, -0.25) is 19.2 Å². The normalized spacial score (nSPS) is 20.9. The van der Waals surface area contributed by atoms with E-state index in [0.29, 0.717) is 0 Å². The van der Waals surface area contributed by atoms with Gasteiger partial charge < -0.3 is 29.0 Å². The molecule has 1 aromatic carbocycles. The van der Waals surface area contributed by atoms with Gasteiger partial charge in [0.25, 0.3) is 5.91 Å². The number of cyclic esters (lactones) is 2. The molecule has 0 bridgehead atoms. The summed E-state index contributed by atoms with van der Waals surface area (Å²) in [4.78, 5) is 67.9. The number of nitrogens with zero attached hydrogens (tertiary/aromatic N) is 1. The SMILES string of the molecule is COc1ccnc(C(=O)N[C@H]2COC(=O)[C@H](Cc3ccccc3)[C@@H](OC(=O)CC(C)C)[C@H](C)OC2=O)c1OC(C)=O. The molecule has 1 aromatic heterocycles. The maximum Gasteiger partial charge on any atom is 0.332 e. The number of nitrogens with one attached hydrogen (secondary N) is 1. The number of carbonyl (C=O) groups excluding carboxylic acids is 5. The summed E-state index contributed by atoms with van der Waals surface area (Å²) in [6, 6.07) is 9.01. The smallest absolute Gasteiger partial charge is 0.332 e. The quantitative estimate of drug-likeness (QED) is 0.349. The fourth-order valence-electron chi connectivity index (χ4n) is 4.24. The van der Waals surface area contributed by atoms with Gasteiger partial charge in [-0.15, -0.1) is 0 Å². The lowest BCUT2D eigenvalue weighted by molar-refractivity contribution is -0.174. The Bertz CT molecular complexity index is 1260. The molecule has 0 unspecified atom stereocenters. The highest BCUT2D eigenvalue weighted by Crippen LogP contribution is 2.30. The van der Waals surface area contributed by atoms with Crippen LogP contribution < -0.4 is 14.8 Å². The fraction of sp³-hybridized carbons (Fsp3) is 0.448. The van der Waals surface area contributed by atoms with Gasteiger partial charge in [0.05, 0.1) is 7.11 Å². The van der Waals surface area contributed by atoms with Gasteiger partial charge in [-0.1, -0.05) is 44.2 Å². The molecular weight excluding hydrogens is 536 g/mol. The lowest BCUT2D eigenvalue weighted by atomic mass is 9.91. The lowest BCUT2D eigenvalue weighted by Crippen LogP contribution is -2.47. The summed E-state index contributed by atoms with van der Waals surface area (Å²) in [5, 5.41) is 2.42. The summed E-state index contributed by atoms with van der Waals surface area (Å²) in [6.45, 7) is 5.77. The first-order valence-corrected chi connectivity index (χ1v) is 13.1. The van der Waals surface area contributed by atoms with Crippen molar-refractivity contribution >= 4 is 29.8 Å². The molecule has 1 fully saturated rings. The molecule has 41 heavy (non-hydrogen) atoms.